The van der Waals surface area contributed by atoms with Crippen LogP contribution in [0.5, 0.6) is 0 Å². The Bertz CT molecular complexity index is 762. The van der Waals surface area contributed by atoms with Crippen LogP contribution in [0.15, 0.2) is 42.5 Å². The fourth-order valence-corrected chi connectivity index (χ4v) is 2.48. The highest BCUT2D eigenvalue weighted by Crippen LogP contribution is 2.26. The summed E-state index contributed by atoms with van der Waals surface area (Å²) in [4.78, 5) is 23.8. The van der Waals surface area contributed by atoms with Crippen LogP contribution in [-0.4, -0.2) is 19.0 Å². The molecule has 1 atom stereocenters. The molecule has 2 N–H and O–H groups in total. The monoisotopic (exact) mass is 346 g/mol. The number of carbonyl (C=O) groups is 2. The maximum Gasteiger partial charge on any atom is 0.340 e. The van der Waals surface area contributed by atoms with Gasteiger partial charge in [-0.2, -0.15) is 0 Å². The molecule has 0 fully saturated rings. The third-order valence-corrected chi connectivity index (χ3v) is 3.91. The number of esters is 1. The SMILES string of the molecule is CNC(=O)Nc1ccc(Cl)c(C(=O)O[C@@H](C)c2ccccc2C)c1. The molecule has 0 heterocycles. The van der Waals surface area contributed by atoms with E-state index in [-0.39, 0.29) is 16.6 Å². The number of benzene rings is 2. The van der Waals surface area contributed by atoms with E-state index < -0.39 is 12.1 Å². The van der Waals surface area contributed by atoms with E-state index >= 15 is 0 Å². The second kappa shape index (κ2) is 7.84. The normalized spacial score (nSPS) is 11.5. The van der Waals surface area contributed by atoms with E-state index in [1.165, 1.54) is 13.1 Å². The number of nitrogens with one attached hydrogen (secondary N) is 2. The highest BCUT2D eigenvalue weighted by atomic mass is 35.5. The van der Waals surface area contributed by atoms with Gasteiger partial charge in [0.05, 0.1) is 10.6 Å². The average Bonchev–Trinajstić information content (AvgIpc) is 2.56. The summed E-state index contributed by atoms with van der Waals surface area (Å²) in [5.74, 6) is -0.545. The maximum absolute atomic E-state index is 12.4. The van der Waals surface area contributed by atoms with Gasteiger partial charge in [0, 0.05) is 12.7 Å². The molecule has 0 spiro atoms. The molecule has 24 heavy (non-hydrogen) atoms. The van der Waals surface area contributed by atoms with Gasteiger partial charge in [-0.25, -0.2) is 9.59 Å². The van der Waals surface area contributed by atoms with Gasteiger partial charge in [0.15, 0.2) is 0 Å². The number of anilines is 1. The first-order valence-corrected chi connectivity index (χ1v) is 7.85. The Morgan fingerprint density at radius 2 is 1.88 bits per heavy atom. The van der Waals surface area contributed by atoms with Crippen LogP contribution in [0.1, 0.15) is 34.5 Å². The molecule has 0 bridgehead atoms. The molecule has 2 rings (SSSR count). The summed E-state index contributed by atoms with van der Waals surface area (Å²) in [6.07, 6.45) is -0.412. The second-order valence-corrected chi connectivity index (χ2v) is 5.71. The Morgan fingerprint density at radius 3 is 2.54 bits per heavy atom. The summed E-state index contributed by atoms with van der Waals surface area (Å²) in [6.45, 7) is 3.77. The van der Waals surface area contributed by atoms with E-state index in [0.29, 0.717) is 5.69 Å². The molecule has 6 heteroatoms. The van der Waals surface area contributed by atoms with Gasteiger partial charge in [-0.3, -0.25) is 0 Å². The zero-order chi connectivity index (χ0) is 17.7. The van der Waals surface area contributed by atoms with Crippen molar-refractivity contribution >= 4 is 29.3 Å². The second-order valence-electron chi connectivity index (χ2n) is 5.30. The van der Waals surface area contributed by atoms with Crippen molar-refractivity contribution in [2.24, 2.45) is 0 Å². The number of hydrogen-bond acceptors (Lipinski definition) is 3. The molecule has 5 nitrogen and oxygen atoms in total. The zero-order valence-corrected chi connectivity index (χ0v) is 14.5. The van der Waals surface area contributed by atoms with Gasteiger partial charge in [0.1, 0.15) is 6.10 Å². The maximum atomic E-state index is 12.4. The van der Waals surface area contributed by atoms with Crippen molar-refractivity contribution in [1.29, 1.82) is 0 Å². The smallest absolute Gasteiger partial charge is 0.340 e. The van der Waals surface area contributed by atoms with Crippen LogP contribution in [0.4, 0.5) is 10.5 Å². The molecule has 2 amide bonds. The molecule has 2 aromatic rings. The number of hydrogen-bond donors (Lipinski definition) is 2. The summed E-state index contributed by atoms with van der Waals surface area (Å²) in [5, 5.41) is 5.29. The van der Waals surface area contributed by atoms with E-state index in [0.717, 1.165) is 11.1 Å². The zero-order valence-electron chi connectivity index (χ0n) is 13.7. The number of ether oxygens (including phenoxy) is 1. The molecule has 0 aliphatic carbocycles. The van der Waals surface area contributed by atoms with Crippen LogP contribution in [0.25, 0.3) is 0 Å². The largest absolute Gasteiger partial charge is 0.454 e. The lowest BCUT2D eigenvalue weighted by atomic mass is 10.0. The predicted molar refractivity (Wildman–Crippen MR) is 94.5 cm³/mol. The van der Waals surface area contributed by atoms with Gasteiger partial charge >= 0.3 is 12.0 Å². The molecule has 0 aromatic heterocycles. The van der Waals surface area contributed by atoms with Crippen molar-refractivity contribution in [2.75, 3.05) is 12.4 Å². The van der Waals surface area contributed by atoms with Crippen LogP contribution >= 0.6 is 11.6 Å². The van der Waals surface area contributed by atoms with Crippen LogP contribution in [-0.2, 0) is 4.74 Å². The first-order chi connectivity index (χ1) is 11.4. The molecule has 0 aliphatic heterocycles. The Morgan fingerprint density at radius 1 is 1.17 bits per heavy atom. The molecule has 0 saturated heterocycles. The summed E-state index contributed by atoms with van der Waals surface area (Å²) in [5.41, 5.74) is 2.63. The van der Waals surface area contributed by atoms with E-state index in [1.54, 1.807) is 19.1 Å². The fraction of sp³-hybridized carbons (Fsp3) is 0.222. The molecule has 126 valence electrons. The van der Waals surface area contributed by atoms with Gasteiger partial charge in [0.2, 0.25) is 0 Å². The van der Waals surface area contributed by atoms with Crippen molar-refractivity contribution in [1.82, 2.24) is 5.32 Å². The Labute approximate surface area is 146 Å². The third-order valence-electron chi connectivity index (χ3n) is 3.58. The fourth-order valence-electron chi connectivity index (χ4n) is 2.28. The van der Waals surface area contributed by atoms with Gasteiger partial charge in [0.25, 0.3) is 0 Å². The minimum Gasteiger partial charge on any atom is -0.454 e. The van der Waals surface area contributed by atoms with Crippen molar-refractivity contribution in [2.45, 2.75) is 20.0 Å². The minimum absolute atomic E-state index is 0.200. The summed E-state index contributed by atoms with van der Waals surface area (Å²) < 4.78 is 5.52. The van der Waals surface area contributed by atoms with Gasteiger partial charge in [-0.1, -0.05) is 35.9 Å². The molecule has 2 aromatic carbocycles. The number of carbonyl (C=O) groups excluding carboxylic acids is 2. The Kier molecular flexibility index (Phi) is 5.82. The summed E-state index contributed by atoms with van der Waals surface area (Å²) in [7, 11) is 1.50. The summed E-state index contributed by atoms with van der Waals surface area (Å²) >= 11 is 6.09. The van der Waals surface area contributed by atoms with Crippen molar-refractivity contribution < 1.29 is 14.3 Å². The number of aryl methyl sites for hydroxylation is 1. The first-order valence-electron chi connectivity index (χ1n) is 7.47. The molecule has 0 unspecified atom stereocenters. The Balaban J connectivity index is 2.18. The van der Waals surface area contributed by atoms with Crippen molar-refractivity contribution in [3.63, 3.8) is 0 Å². The highest BCUT2D eigenvalue weighted by Gasteiger charge is 2.18. The van der Waals surface area contributed by atoms with E-state index in [4.69, 9.17) is 16.3 Å². The number of halogens is 1. The van der Waals surface area contributed by atoms with Crippen molar-refractivity contribution in [3.8, 4) is 0 Å². The highest BCUT2D eigenvalue weighted by molar-refractivity contribution is 6.33. The van der Waals surface area contributed by atoms with Gasteiger partial charge in [-0.15, -0.1) is 0 Å². The standard InChI is InChI=1S/C18H19ClN2O3/c1-11-6-4-5-7-14(11)12(2)24-17(22)15-10-13(8-9-16(15)19)21-18(23)20-3/h4-10,12H,1-3H3,(H2,20,21,23)/t12-/m0/s1. The van der Waals surface area contributed by atoms with Crippen LogP contribution in [0, 0.1) is 6.92 Å². The molecular formula is C18H19ClN2O3. The van der Waals surface area contributed by atoms with Gasteiger partial charge in [-0.05, 0) is 43.2 Å². The first kappa shape index (κ1) is 17.8. The van der Waals surface area contributed by atoms with E-state index in [9.17, 15) is 9.59 Å². The number of rotatable bonds is 4. The topological polar surface area (TPSA) is 67.4 Å². The van der Waals surface area contributed by atoms with Crippen LogP contribution < -0.4 is 10.6 Å². The lowest BCUT2D eigenvalue weighted by Crippen LogP contribution is -2.24. The molecule has 0 aliphatic rings. The minimum atomic E-state index is -0.545. The van der Waals surface area contributed by atoms with Gasteiger partial charge < -0.3 is 15.4 Å². The quantitative estimate of drug-likeness (QED) is 0.810. The lowest BCUT2D eigenvalue weighted by Gasteiger charge is -2.16. The van der Waals surface area contributed by atoms with Crippen molar-refractivity contribution in [3.05, 3.63) is 64.2 Å². The Hall–Kier alpha value is -2.53. The predicted octanol–water partition coefficient (Wildman–Crippen LogP) is 4.32. The lowest BCUT2D eigenvalue weighted by molar-refractivity contribution is 0.0337. The van der Waals surface area contributed by atoms with E-state index in [1.807, 2.05) is 31.2 Å². The molecular weight excluding hydrogens is 328 g/mol. The average molecular weight is 347 g/mol. The third kappa shape index (κ3) is 4.26. The van der Waals surface area contributed by atoms with Crippen LogP contribution in [0.2, 0.25) is 5.02 Å². The number of amides is 2. The number of urea groups is 1. The summed E-state index contributed by atoms with van der Waals surface area (Å²) in [6, 6.07) is 12.0. The van der Waals surface area contributed by atoms with E-state index in [2.05, 4.69) is 10.6 Å². The molecule has 0 saturated carbocycles. The molecule has 0 radical (unpaired) electrons. The van der Waals surface area contributed by atoms with Crippen LogP contribution in [0.3, 0.4) is 0 Å².